The van der Waals surface area contributed by atoms with Crippen LogP contribution in [0.25, 0.3) is 0 Å². The van der Waals surface area contributed by atoms with E-state index < -0.39 is 20.3 Å². The summed E-state index contributed by atoms with van der Waals surface area (Å²) < 4.78 is 16.9. The van der Waals surface area contributed by atoms with E-state index in [1.807, 2.05) is 13.0 Å². The molecule has 0 saturated carbocycles. The molecule has 1 saturated heterocycles. The van der Waals surface area contributed by atoms with Crippen LogP contribution in [0.3, 0.4) is 0 Å². The largest absolute Gasteiger partial charge is 0.467 e. The van der Waals surface area contributed by atoms with Gasteiger partial charge in [-0.2, -0.15) is 0 Å². The van der Waals surface area contributed by atoms with Gasteiger partial charge in [0, 0.05) is 20.2 Å². The van der Waals surface area contributed by atoms with Gasteiger partial charge >= 0.3 is 0 Å². The monoisotopic (exact) mass is 374 g/mol. The Balaban J connectivity index is 1.87. The SMILES string of the molecule is CB(C)c1c(C)cc2c(c1OCOCC[Si](C)(C)C)C(=O)[C@H]1O[C@H]1C2=O. The van der Waals surface area contributed by atoms with Crippen molar-refractivity contribution in [3.63, 3.8) is 0 Å². The number of fused-ring (bicyclic) bond motifs is 2. The van der Waals surface area contributed by atoms with Crippen LogP contribution in [-0.4, -0.2) is 52.0 Å². The third-order valence-corrected chi connectivity index (χ3v) is 6.61. The Hall–Kier alpha value is -1.44. The lowest BCUT2D eigenvalue weighted by molar-refractivity contribution is 0.0220. The van der Waals surface area contributed by atoms with Crippen LogP contribution >= 0.6 is 0 Å². The zero-order valence-electron chi connectivity index (χ0n) is 16.5. The lowest BCUT2D eigenvalue weighted by Crippen LogP contribution is -2.35. The number of carbonyl (C=O) groups excluding carboxylic acids is 2. The maximum atomic E-state index is 12.7. The van der Waals surface area contributed by atoms with E-state index >= 15 is 0 Å². The molecule has 0 radical (unpaired) electrons. The summed E-state index contributed by atoms with van der Waals surface area (Å²) in [5.74, 6) is 0.228. The summed E-state index contributed by atoms with van der Waals surface area (Å²) in [5, 5.41) is 0. The van der Waals surface area contributed by atoms with Gasteiger partial charge in [-0.25, -0.2) is 0 Å². The van der Waals surface area contributed by atoms with Crippen molar-refractivity contribution in [3.8, 4) is 5.75 Å². The molecule has 7 heteroatoms. The van der Waals surface area contributed by atoms with Gasteiger partial charge in [-0.3, -0.25) is 9.59 Å². The number of epoxide rings is 1. The van der Waals surface area contributed by atoms with Crippen molar-refractivity contribution in [2.75, 3.05) is 13.4 Å². The second kappa shape index (κ2) is 6.94. The predicted octanol–water partition coefficient (Wildman–Crippen LogP) is 2.79. The summed E-state index contributed by atoms with van der Waals surface area (Å²) in [6, 6.07) is 2.86. The summed E-state index contributed by atoms with van der Waals surface area (Å²) >= 11 is 0. The van der Waals surface area contributed by atoms with Gasteiger partial charge in [0.1, 0.15) is 5.75 Å². The van der Waals surface area contributed by atoms with E-state index in [0.717, 1.165) is 17.1 Å². The molecule has 3 rings (SSSR count). The molecule has 0 spiro atoms. The van der Waals surface area contributed by atoms with Crippen LogP contribution in [0.15, 0.2) is 6.07 Å². The molecule has 0 aromatic heterocycles. The number of ketones is 2. The molecule has 1 heterocycles. The van der Waals surface area contributed by atoms with Crippen molar-refractivity contribution >= 4 is 31.8 Å². The van der Waals surface area contributed by atoms with Crippen molar-refractivity contribution in [2.45, 2.75) is 58.5 Å². The maximum absolute atomic E-state index is 12.7. The van der Waals surface area contributed by atoms with E-state index in [0.29, 0.717) is 23.5 Å². The average molecular weight is 374 g/mol. The van der Waals surface area contributed by atoms with Gasteiger partial charge in [0.15, 0.2) is 37.3 Å². The Bertz CT molecular complexity index is 753. The molecule has 2 atom stereocenters. The standard InChI is InChI=1S/C19H27BO5Si/c1-11-9-12-13(16(22)19-18(25-19)15(12)21)17(14(11)20(2)3)24-10-23-7-8-26(4,5)6/h9,18-19H,7-8,10H2,1-6H3/t18-,19+/m0/s1. The fourth-order valence-electron chi connectivity index (χ4n) is 3.45. The number of carbonyl (C=O) groups is 2. The molecule has 1 aromatic carbocycles. The highest BCUT2D eigenvalue weighted by Gasteiger charge is 2.56. The molecule has 1 aliphatic carbocycles. The van der Waals surface area contributed by atoms with Gasteiger partial charge in [0.2, 0.25) is 0 Å². The number of hydrogen-bond donors (Lipinski definition) is 0. The van der Waals surface area contributed by atoms with Crippen molar-refractivity contribution in [3.05, 3.63) is 22.8 Å². The van der Waals surface area contributed by atoms with E-state index in [2.05, 4.69) is 33.3 Å². The van der Waals surface area contributed by atoms with Crippen LogP contribution < -0.4 is 10.2 Å². The van der Waals surface area contributed by atoms with Gasteiger partial charge in [-0.15, -0.1) is 0 Å². The Labute approximate surface area is 156 Å². The lowest BCUT2D eigenvalue weighted by atomic mass is 9.47. The third kappa shape index (κ3) is 3.66. The maximum Gasteiger partial charge on any atom is 0.199 e. The molecule has 2 aliphatic rings. The number of aryl methyl sites for hydroxylation is 1. The number of benzene rings is 1. The van der Waals surface area contributed by atoms with Crippen molar-refractivity contribution in [2.24, 2.45) is 0 Å². The Morgan fingerprint density at radius 1 is 1.15 bits per heavy atom. The molecule has 0 bridgehead atoms. The molecule has 5 nitrogen and oxygen atoms in total. The van der Waals surface area contributed by atoms with Gasteiger partial charge in [0.25, 0.3) is 0 Å². The number of rotatable bonds is 7. The first-order valence-corrected chi connectivity index (χ1v) is 12.9. The number of ether oxygens (including phenoxy) is 3. The summed E-state index contributed by atoms with van der Waals surface area (Å²) in [4.78, 5) is 25.3. The van der Waals surface area contributed by atoms with Crippen LogP contribution in [0.1, 0.15) is 26.3 Å². The molecular formula is C19H27BO5Si. The van der Waals surface area contributed by atoms with E-state index in [1.165, 1.54) is 0 Å². The van der Waals surface area contributed by atoms with Gasteiger partial charge < -0.3 is 14.2 Å². The van der Waals surface area contributed by atoms with Crippen molar-refractivity contribution < 1.29 is 23.8 Å². The summed E-state index contributed by atoms with van der Waals surface area (Å²) in [6.07, 6.45) is -1.23. The summed E-state index contributed by atoms with van der Waals surface area (Å²) in [5.41, 5.74) is 2.71. The first-order valence-electron chi connectivity index (χ1n) is 9.23. The first-order chi connectivity index (χ1) is 12.1. The number of Topliss-reactive ketones (excluding diaryl/α,β-unsaturated/α-hetero) is 2. The molecule has 1 fully saturated rings. The highest BCUT2D eigenvalue weighted by Crippen LogP contribution is 2.39. The highest BCUT2D eigenvalue weighted by molar-refractivity contribution is 6.76. The quantitative estimate of drug-likeness (QED) is 0.318. The molecule has 1 aromatic rings. The molecule has 0 N–H and O–H groups in total. The fourth-order valence-corrected chi connectivity index (χ4v) is 4.21. The zero-order valence-corrected chi connectivity index (χ0v) is 17.5. The molecule has 140 valence electrons. The normalized spacial score (nSPS) is 21.3. The predicted molar refractivity (Wildman–Crippen MR) is 105 cm³/mol. The highest BCUT2D eigenvalue weighted by atomic mass is 28.3. The third-order valence-electron chi connectivity index (χ3n) is 4.91. The first kappa shape index (κ1) is 19.3. The van der Waals surface area contributed by atoms with Crippen molar-refractivity contribution in [1.29, 1.82) is 0 Å². The van der Waals surface area contributed by atoms with E-state index in [1.54, 1.807) is 0 Å². The molecule has 0 unspecified atom stereocenters. The Kier molecular flexibility index (Phi) is 5.16. The van der Waals surface area contributed by atoms with Gasteiger partial charge in [-0.1, -0.05) is 38.9 Å². The average Bonchev–Trinajstić information content (AvgIpc) is 3.31. The van der Waals surface area contributed by atoms with Crippen LogP contribution in [0.4, 0.5) is 0 Å². The van der Waals surface area contributed by atoms with Crippen LogP contribution in [0.5, 0.6) is 5.75 Å². The molecule has 0 amide bonds. The second-order valence-corrected chi connectivity index (χ2v) is 14.3. The minimum absolute atomic E-state index is 0.0799. The lowest BCUT2D eigenvalue weighted by Gasteiger charge is -2.23. The van der Waals surface area contributed by atoms with E-state index in [-0.39, 0.29) is 25.1 Å². The summed E-state index contributed by atoms with van der Waals surface area (Å²) in [7, 11) is -1.17. The minimum atomic E-state index is -1.17. The van der Waals surface area contributed by atoms with E-state index in [4.69, 9.17) is 14.2 Å². The molecular weight excluding hydrogens is 347 g/mol. The topological polar surface area (TPSA) is 65.1 Å². The van der Waals surface area contributed by atoms with Crippen LogP contribution in [0.2, 0.25) is 39.3 Å². The van der Waals surface area contributed by atoms with Gasteiger partial charge in [-0.05, 0) is 24.5 Å². The summed E-state index contributed by atoms with van der Waals surface area (Å²) in [6.45, 7) is 13.8. The van der Waals surface area contributed by atoms with Gasteiger partial charge in [0.05, 0.1) is 5.56 Å². The van der Waals surface area contributed by atoms with Crippen LogP contribution in [0, 0.1) is 6.92 Å². The van der Waals surface area contributed by atoms with Crippen molar-refractivity contribution in [1.82, 2.24) is 0 Å². The zero-order chi connectivity index (χ0) is 19.2. The molecule has 1 aliphatic heterocycles. The molecule has 26 heavy (non-hydrogen) atoms. The fraction of sp³-hybridized carbons (Fsp3) is 0.579. The smallest absolute Gasteiger partial charge is 0.199 e. The van der Waals surface area contributed by atoms with E-state index in [9.17, 15) is 9.59 Å². The Morgan fingerprint density at radius 2 is 1.81 bits per heavy atom. The Morgan fingerprint density at radius 3 is 2.42 bits per heavy atom. The second-order valence-electron chi connectivity index (χ2n) is 8.70. The number of hydrogen-bond acceptors (Lipinski definition) is 5. The minimum Gasteiger partial charge on any atom is -0.467 e. The van der Waals surface area contributed by atoms with Crippen LogP contribution in [-0.2, 0) is 9.47 Å².